The van der Waals surface area contributed by atoms with Crippen molar-refractivity contribution in [2.75, 3.05) is 0 Å². The third-order valence-corrected chi connectivity index (χ3v) is 3.40. The van der Waals surface area contributed by atoms with Gasteiger partial charge >= 0.3 is 0 Å². The van der Waals surface area contributed by atoms with Crippen LogP contribution in [-0.4, -0.2) is 0 Å². The molecule has 0 nitrogen and oxygen atoms in total. The molecule has 0 atom stereocenters. The second-order valence-electron chi connectivity index (χ2n) is 2.26. The highest BCUT2D eigenvalue weighted by molar-refractivity contribution is 8.01. The van der Waals surface area contributed by atoms with E-state index in [1.54, 1.807) is 23.1 Å². The lowest BCUT2D eigenvalue weighted by Crippen LogP contribution is -1.66. The van der Waals surface area contributed by atoms with E-state index in [4.69, 9.17) is 0 Å². The Morgan fingerprint density at radius 3 is 2.83 bits per heavy atom. The minimum Gasteiger partial charge on any atom is -0.137 e. The van der Waals surface area contributed by atoms with Gasteiger partial charge in [0.25, 0.3) is 0 Å². The molecular formula is C10H7S2. The molecule has 1 aromatic heterocycles. The average molecular weight is 191 g/mol. The van der Waals surface area contributed by atoms with Crippen molar-refractivity contribution in [2.24, 2.45) is 0 Å². The minimum atomic E-state index is 1.18. The number of thiophene rings is 1. The number of hydrogen-bond acceptors (Lipinski definition) is 2. The molecule has 0 fully saturated rings. The molecule has 2 rings (SSSR count). The Labute approximate surface area is 80.3 Å². The third-order valence-electron chi connectivity index (χ3n) is 1.39. The molecule has 59 valence electrons. The van der Waals surface area contributed by atoms with E-state index in [0.717, 1.165) is 0 Å². The molecule has 0 unspecified atom stereocenters. The van der Waals surface area contributed by atoms with Gasteiger partial charge in [0, 0.05) is 4.90 Å². The normalized spacial score (nSPS) is 10.0. The second-order valence-corrected chi connectivity index (χ2v) is 4.55. The van der Waals surface area contributed by atoms with E-state index in [0.29, 0.717) is 0 Å². The fourth-order valence-electron chi connectivity index (χ4n) is 0.870. The largest absolute Gasteiger partial charge is 0.137 e. The van der Waals surface area contributed by atoms with Crippen LogP contribution >= 0.6 is 23.1 Å². The quantitative estimate of drug-likeness (QED) is 0.697. The van der Waals surface area contributed by atoms with Gasteiger partial charge in [0.15, 0.2) is 0 Å². The molecule has 0 amide bonds. The fraction of sp³-hybridized carbons (Fsp3) is 0. The SMILES string of the molecule is [c]1ccccc1Sc1cccs1. The van der Waals surface area contributed by atoms with Crippen LogP contribution in [0.4, 0.5) is 0 Å². The van der Waals surface area contributed by atoms with Gasteiger partial charge in [-0.25, -0.2) is 0 Å². The molecule has 0 N–H and O–H groups in total. The second kappa shape index (κ2) is 3.78. The number of benzene rings is 1. The van der Waals surface area contributed by atoms with E-state index in [1.807, 2.05) is 18.2 Å². The maximum absolute atomic E-state index is 3.18. The molecule has 2 aromatic rings. The first-order valence-electron chi connectivity index (χ1n) is 3.63. The summed E-state index contributed by atoms with van der Waals surface area (Å²) in [5.41, 5.74) is 0. The van der Waals surface area contributed by atoms with Crippen LogP contribution in [0.2, 0.25) is 0 Å². The predicted molar refractivity (Wildman–Crippen MR) is 53.7 cm³/mol. The molecule has 2 heteroatoms. The van der Waals surface area contributed by atoms with Gasteiger partial charge in [0.1, 0.15) is 0 Å². The highest BCUT2D eigenvalue weighted by Gasteiger charge is 1.95. The lowest BCUT2D eigenvalue weighted by molar-refractivity contribution is 1.44. The van der Waals surface area contributed by atoms with Crippen LogP contribution in [-0.2, 0) is 0 Å². The Bertz CT molecular complexity index is 324. The van der Waals surface area contributed by atoms with Crippen molar-refractivity contribution in [1.82, 2.24) is 0 Å². The van der Waals surface area contributed by atoms with Gasteiger partial charge in [-0.15, -0.1) is 11.3 Å². The van der Waals surface area contributed by atoms with Crippen molar-refractivity contribution < 1.29 is 0 Å². The maximum atomic E-state index is 3.18. The van der Waals surface area contributed by atoms with Crippen LogP contribution in [0, 0.1) is 6.07 Å². The molecule has 0 spiro atoms. The van der Waals surface area contributed by atoms with Crippen molar-refractivity contribution in [3.63, 3.8) is 0 Å². The predicted octanol–water partition coefficient (Wildman–Crippen LogP) is 3.70. The summed E-state index contributed by atoms with van der Waals surface area (Å²) in [5, 5.41) is 2.09. The molecule has 0 aliphatic carbocycles. The molecule has 1 heterocycles. The lowest BCUT2D eigenvalue weighted by atomic mass is 10.4. The Balaban J connectivity index is 2.15. The Kier molecular flexibility index (Phi) is 2.49. The van der Waals surface area contributed by atoms with E-state index < -0.39 is 0 Å². The smallest absolute Gasteiger partial charge is 0.0646 e. The minimum absolute atomic E-state index is 1.18. The molecule has 0 aliphatic heterocycles. The number of rotatable bonds is 2. The molecular weight excluding hydrogens is 184 g/mol. The molecule has 0 aliphatic rings. The van der Waals surface area contributed by atoms with Gasteiger partial charge in [-0.1, -0.05) is 36.0 Å². The maximum Gasteiger partial charge on any atom is 0.0646 e. The van der Waals surface area contributed by atoms with Crippen LogP contribution in [0.3, 0.4) is 0 Å². The summed E-state index contributed by atoms with van der Waals surface area (Å²) in [4.78, 5) is 1.18. The Hall–Kier alpha value is -0.730. The molecule has 12 heavy (non-hydrogen) atoms. The van der Waals surface area contributed by atoms with Crippen LogP contribution in [0.1, 0.15) is 0 Å². The highest BCUT2D eigenvalue weighted by Crippen LogP contribution is 2.30. The summed E-state index contributed by atoms with van der Waals surface area (Å²) in [6.45, 7) is 0. The van der Waals surface area contributed by atoms with Crippen molar-refractivity contribution in [3.05, 3.63) is 47.8 Å². The first-order valence-corrected chi connectivity index (χ1v) is 5.33. The highest BCUT2D eigenvalue weighted by atomic mass is 32.2. The van der Waals surface area contributed by atoms with Crippen LogP contribution in [0.25, 0.3) is 0 Å². The lowest BCUT2D eigenvalue weighted by Gasteiger charge is -1.94. The van der Waals surface area contributed by atoms with E-state index >= 15 is 0 Å². The molecule has 1 aromatic carbocycles. The summed E-state index contributed by atoms with van der Waals surface area (Å²) in [6.07, 6.45) is 0. The van der Waals surface area contributed by atoms with Gasteiger partial charge in [-0.2, -0.15) is 0 Å². The van der Waals surface area contributed by atoms with Gasteiger partial charge in [0.2, 0.25) is 0 Å². The fourth-order valence-corrected chi connectivity index (χ4v) is 2.58. The summed E-state index contributed by atoms with van der Waals surface area (Å²) in [6, 6.07) is 15.4. The van der Waals surface area contributed by atoms with Crippen molar-refractivity contribution >= 4 is 23.1 Å². The Morgan fingerprint density at radius 1 is 1.17 bits per heavy atom. The summed E-state index contributed by atoms with van der Waals surface area (Å²) < 4.78 is 1.32. The van der Waals surface area contributed by atoms with E-state index in [2.05, 4.69) is 29.6 Å². The van der Waals surface area contributed by atoms with Crippen molar-refractivity contribution in [2.45, 2.75) is 9.10 Å². The molecule has 0 saturated carbocycles. The summed E-state index contributed by atoms with van der Waals surface area (Å²) in [5.74, 6) is 0. The first kappa shape index (κ1) is 7.90. The van der Waals surface area contributed by atoms with E-state index in [-0.39, 0.29) is 0 Å². The molecule has 1 radical (unpaired) electrons. The summed E-state index contributed by atoms with van der Waals surface area (Å²) in [7, 11) is 0. The van der Waals surface area contributed by atoms with E-state index in [1.165, 1.54) is 9.10 Å². The zero-order valence-electron chi connectivity index (χ0n) is 6.36. The standard InChI is InChI=1S/C10H7S2/c1-2-5-9(6-3-1)12-10-7-4-8-11-10/h1-5,7-8H. The molecule has 0 bridgehead atoms. The van der Waals surface area contributed by atoms with Crippen molar-refractivity contribution in [1.29, 1.82) is 0 Å². The van der Waals surface area contributed by atoms with Gasteiger partial charge in [0.05, 0.1) is 4.21 Å². The monoisotopic (exact) mass is 191 g/mol. The van der Waals surface area contributed by atoms with E-state index in [9.17, 15) is 0 Å². The van der Waals surface area contributed by atoms with Gasteiger partial charge < -0.3 is 0 Å². The van der Waals surface area contributed by atoms with Crippen LogP contribution in [0.15, 0.2) is 50.9 Å². The zero-order valence-corrected chi connectivity index (χ0v) is 7.99. The first-order chi connectivity index (χ1) is 5.95. The number of hydrogen-bond donors (Lipinski definition) is 0. The van der Waals surface area contributed by atoms with Gasteiger partial charge in [-0.3, -0.25) is 0 Å². The Morgan fingerprint density at radius 2 is 2.17 bits per heavy atom. The topological polar surface area (TPSA) is 0 Å². The van der Waals surface area contributed by atoms with Gasteiger partial charge in [-0.05, 0) is 23.6 Å². The zero-order chi connectivity index (χ0) is 8.23. The molecule has 0 saturated heterocycles. The summed E-state index contributed by atoms with van der Waals surface area (Å²) >= 11 is 3.52. The van der Waals surface area contributed by atoms with Crippen molar-refractivity contribution in [3.8, 4) is 0 Å². The average Bonchev–Trinajstić information content (AvgIpc) is 2.59. The van der Waals surface area contributed by atoms with Crippen LogP contribution in [0.5, 0.6) is 0 Å². The van der Waals surface area contributed by atoms with Crippen LogP contribution < -0.4 is 0 Å². The third kappa shape index (κ3) is 1.90.